The minimum absolute atomic E-state index is 0.00152. The Balaban J connectivity index is 2.15. The Hall–Kier alpha value is -3.47. The van der Waals surface area contributed by atoms with Gasteiger partial charge in [0, 0.05) is 17.3 Å². The summed E-state index contributed by atoms with van der Waals surface area (Å²) in [5.74, 6) is -0.976. The van der Waals surface area contributed by atoms with E-state index in [2.05, 4.69) is 5.10 Å². The van der Waals surface area contributed by atoms with Crippen LogP contribution in [-0.4, -0.2) is 28.1 Å². The molecule has 0 N–H and O–H groups in total. The lowest BCUT2D eigenvalue weighted by Gasteiger charge is -2.04. The molecule has 3 aromatic rings. The fourth-order valence-electron chi connectivity index (χ4n) is 2.69. The van der Waals surface area contributed by atoms with Crippen LogP contribution in [0.3, 0.4) is 0 Å². The molecule has 1 aromatic heterocycles. The van der Waals surface area contributed by atoms with Gasteiger partial charge < -0.3 is 4.74 Å². The predicted molar refractivity (Wildman–Crippen MR) is 104 cm³/mol. The minimum atomic E-state index is -0.628. The van der Waals surface area contributed by atoms with Gasteiger partial charge in [0.15, 0.2) is 5.78 Å². The SMILES string of the molecule is CCOC(=O)C(=Cc1cn(-c2ccccc2)nc1-c1ccccc1)C(C)=O. The summed E-state index contributed by atoms with van der Waals surface area (Å²) in [6.07, 6.45) is 3.36. The third-order valence-electron chi connectivity index (χ3n) is 3.98. The molecule has 5 heteroatoms. The summed E-state index contributed by atoms with van der Waals surface area (Å²) in [6, 6.07) is 19.3. The summed E-state index contributed by atoms with van der Waals surface area (Å²) in [4.78, 5) is 24.2. The number of nitrogens with zero attached hydrogens (tertiary/aromatic N) is 2. The number of aromatic nitrogens is 2. The molecule has 0 saturated carbocycles. The van der Waals surface area contributed by atoms with Crippen LogP contribution in [0.25, 0.3) is 23.0 Å². The van der Waals surface area contributed by atoms with Gasteiger partial charge in [-0.1, -0.05) is 48.5 Å². The number of carbonyl (C=O) groups excluding carboxylic acids is 2. The zero-order chi connectivity index (χ0) is 19.2. The third-order valence-corrected chi connectivity index (χ3v) is 3.98. The molecule has 136 valence electrons. The predicted octanol–water partition coefficient (Wildman–Crippen LogP) is 4.07. The molecule has 5 nitrogen and oxygen atoms in total. The van der Waals surface area contributed by atoms with Crippen LogP contribution in [0.15, 0.2) is 72.4 Å². The largest absolute Gasteiger partial charge is 0.462 e. The summed E-state index contributed by atoms with van der Waals surface area (Å²) < 4.78 is 6.75. The van der Waals surface area contributed by atoms with E-state index < -0.39 is 5.97 Å². The van der Waals surface area contributed by atoms with Gasteiger partial charge in [0.1, 0.15) is 5.57 Å². The van der Waals surface area contributed by atoms with Gasteiger partial charge in [-0.15, -0.1) is 0 Å². The smallest absolute Gasteiger partial charge is 0.341 e. The number of esters is 1. The normalized spacial score (nSPS) is 11.3. The van der Waals surface area contributed by atoms with Crippen LogP contribution in [0.1, 0.15) is 19.4 Å². The zero-order valence-corrected chi connectivity index (χ0v) is 15.3. The molecule has 0 aliphatic carbocycles. The molecule has 2 aromatic carbocycles. The number of hydrogen-bond donors (Lipinski definition) is 0. The van der Waals surface area contributed by atoms with Gasteiger partial charge in [0.05, 0.1) is 18.0 Å². The fraction of sp³-hybridized carbons (Fsp3) is 0.136. The number of hydrogen-bond acceptors (Lipinski definition) is 4. The molecule has 1 heterocycles. The van der Waals surface area contributed by atoms with E-state index in [9.17, 15) is 9.59 Å². The van der Waals surface area contributed by atoms with Gasteiger partial charge in [-0.05, 0) is 32.1 Å². The quantitative estimate of drug-likeness (QED) is 0.288. The van der Waals surface area contributed by atoms with Crippen molar-refractivity contribution in [1.82, 2.24) is 9.78 Å². The molecule has 0 spiro atoms. The first kappa shape index (κ1) is 18.3. The number of ketones is 1. The molecular formula is C22H20N2O3. The first-order valence-corrected chi connectivity index (χ1v) is 8.70. The highest BCUT2D eigenvalue weighted by Gasteiger charge is 2.18. The first-order valence-electron chi connectivity index (χ1n) is 8.70. The minimum Gasteiger partial charge on any atom is -0.462 e. The van der Waals surface area contributed by atoms with Crippen molar-refractivity contribution in [2.45, 2.75) is 13.8 Å². The van der Waals surface area contributed by atoms with Gasteiger partial charge in [0.2, 0.25) is 0 Å². The van der Waals surface area contributed by atoms with Gasteiger partial charge in [-0.25, -0.2) is 9.48 Å². The van der Waals surface area contributed by atoms with E-state index in [0.29, 0.717) is 11.3 Å². The van der Waals surface area contributed by atoms with E-state index >= 15 is 0 Å². The van der Waals surface area contributed by atoms with E-state index in [4.69, 9.17) is 4.74 Å². The maximum absolute atomic E-state index is 12.2. The highest BCUT2D eigenvalue weighted by atomic mass is 16.5. The van der Waals surface area contributed by atoms with Gasteiger partial charge in [-0.3, -0.25) is 4.79 Å². The molecule has 0 atom stereocenters. The number of carbonyl (C=O) groups is 2. The van der Waals surface area contributed by atoms with Crippen LogP contribution in [0.5, 0.6) is 0 Å². The van der Waals surface area contributed by atoms with Crippen molar-refractivity contribution in [3.63, 3.8) is 0 Å². The standard InChI is InChI=1S/C22H20N2O3/c1-3-27-22(26)20(16(2)25)14-18-15-24(19-12-8-5-9-13-19)23-21(18)17-10-6-4-7-11-17/h4-15H,3H2,1-2H3. The van der Waals surface area contributed by atoms with E-state index in [1.807, 2.05) is 60.7 Å². The monoisotopic (exact) mass is 360 g/mol. The molecular weight excluding hydrogens is 340 g/mol. The Kier molecular flexibility index (Phi) is 5.61. The van der Waals surface area contributed by atoms with E-state index in [1.54, 1.807) is 23.9 Å². The number of ether oxygens (including phenoxy) is 1. The second kappa shape index (κ2) is 8.27. The lowest BCUT2D eigenvalue weighted by atomic mass is 10.0. The summed E-state index contributed by atoms with van der Waals surface area (Å²) in [7, 11) is 0. The molecule has 0 aliphatic rings. The van der Waals surface area contributed by atoms with Crippen LogP contribution < -0.4 is 0 Å². The van der Waals surface area contributed by atoms with Crippen molar-refractivity contribution in [2.24, 2.45) is 0 Å². The van der Waals surface area contributed by atoms with Crippen LogP contribution in [-0.2, 0) is 14.3 Å². The maximum Gasteiger partial charge on any atom is 0.341 e. The molecule has 0 radical (unpaired) electrons. The number of rotatable bonds is 6. The zero-order valence-electron chi connectivity index (χ0n) is 15.3. The highest BCUT2D eigenvalue weighted by molar-refractivity contribution is 6.20. The third kappa shape index (κ3) is 4.20. The second-order valence-electron chi connectivity index (χ2n) is 5.91. The van der Waals surface area contributed by atoms with E-state index in [0.717, 1.165) is 11.3 Å². The highest BCUT2D eigenvalue weighted by Crippen LogP contribution is 2.26. The maximum atomic E-state index is 12.2. The molecule has 27 heavy (non-hydrogen) atoms. The van der Waals surface area contributed by atoms with Gasteiger partial charge >= 0.3 is 5.97 Å². The van der Waals surface area contributed by atoms with Gasteiger partial charge in [-0.2, -0.15) is 5.10 Å². The molecule has 0 saturated heterocycles. The molecule has 3 rings (SSSR count). The van der Waals surface area contributed by atoms with Crippen molar-refractivity contribution >= 4 is 17.8 Å². The average Bonchev–Trinajstić information content (AvgIpc) is 3.11. The summed E-state index contributed by atoms with van der Waals surface area (Å²) in [6.45, 7) is 3.27. The van der Waals surface area contributed by atoms with Crippen molar-refractivity contribution < 1.29 is 14.3 Å². The molecule has 0 aliphatic heterocycles. The molecule has 0 amide bonds. The summed E-state index contributed by atoms with van der Waals surface area (Å²) in [5, 5.41) is 4.68. The van der Waals surface area contributed by atoms with Crippen LogP contribution >= 0.6 is 0 Å². The molecule has 0 unspecified atom stereocenters. The van der Waals surface area contributed by atoms with Gasteiger partial charge in [0.25, 0.3) is 0 Å². The molecule has 0 fully saturated rings. The van der Waals surface area contributed by atoms with Crippen molar-refractivity contribution in [2.75, 3.05) is 6.61 Å². The van der Waals surface area contributed by atoms with Crippen molar-refractivity contribution in [3.05, 3.63) is 78.0 Å². The Labute approximate surface area is 157 Å². The van der Waals surface area contributed by atoms with E-state index in [-0.39, 0.29) is 18.0 Å². The first-order chi connectivity index (χ1) is 13.1. The van der Waals surface area contributed by atoms with E-state index in [1.165, 1.54) is 6.92 Å². The van der Waals surface area contributed by atoms with Crippen LogP contribution in [0.2, 0.25) is 0 Å². The number of para-hydroxylation sites is 1. The Morgan fingerprint density at radius 1 is 1.04 bits per heavy atom. The van der Waals surface area contributed by atoms with Crippen LogP contribution in [0, 0.1) is 0 Å². The van der Waals surface area contributed by atoms with Crippen LogP contribution in [0.4, 0.5) is 0 Å². The lowest BCUT2D eigenvalue weighted by Crippen LogP contribution is -2.13. The number of Topliss-reactive ketones (excluding diaryl/α,β-unsaturated/α-hetero) is 1. The Morgan fingerprint density at radius 3 is 2.26 bits per heavy atom. The molecule has 0 bridgehead atoms. The topological polar surface area (TPSA) is 61.2 Å². The summed E-state index contributed by atoms with van der Waals surface area (Å²) >= 11 is 0. The second-order valence-corrected chi connectivity index (χ2v) is 5.91. The van der Waals surface area contributed by atoms with Crippen molar-refractivity contribution in [1.29, 1.82) is 0 Å². The lowest BCUT2D eigenvalue weighted by molar-refractivity contribution is -0.139. The Morgan fingerprint density at radius 2 is 1.67 bits per heavy atom. The average molecular weight is 360 g/mol. The van der Waals surface area contributed by atoms with Crippen molar-refractivity contribution in [3.8, 4) is 16.9 Å². The number of benzene rings is 2. The fourth-order valence-corrected chi connectivity index (χ4v) is 2.69. The summed E-state index contributed by atoms with van der Waals surface area (Å²) in [5.41, 5.74) is 3.13. The Bertz CT molecular complexity index is 973.